The molecule has 0 radical (unpaired) electrons. The van der Waals surface area contributed by atoms with Crippen LogP contribution >= 0.6 is 11.3 Å². The van der Waals surface area contributed by atoms with Crippen LogP contribution in [0.1, 0.15) is 25.3 Å². The van der Waals surface area contributed by atoms with E-state index in [0.717, 1.165) is 34.5 Å². The fourth-order valence-corrected chi connectivity index (χ4v) is 4.56. The Hall–Kier alpha value is -4.44. The Balaban J connectivity index is 1.50. The maximum absolute atomic E-state index is 13.5. The van der Waals surface area contributed by atoms with Gasteiger partial charge >= 0.3 is 0 Å². The summed E-state index contributed by atoms with van der Waals surface area (Å²) in [4.78, 5) is 17.8. The van der Waals surface area contributed by atoms with E-state index >= 15 is 0 Å². The van der Waals surface area contributed by atoms with Crippen molar-refractivity contribution in [2.24, 2.45) is 10.1 Å². The molecular formula is C30H31FN4O4S. The summed E-state index contributed by atoms with van der Waals surface area (Å²) in [6.07, 6.45) is 3.71. The highest BCUT2D eigenvalue weighted by molar-refractivity contribution is 7.07. The lowest BCUT2D eigenvalue weighted by atomic mass is 10.2. The largest absolute Gasteiger partial charge is 0.497 e. The molecule has 10 heteroatoms. The third-order valence-electron chi connectivity index (χ3n) is 5.83. The van der Waals surface area contributed by atoms with Crippen molar-refractivity contribution in [1.82, 2.24) is 4.68 Å². The number of thiazole rings is 1. The van der Waals surface area contributed by atoms with Crippen molar-refractivity contribution >= 4 is 29.1 Å². The van der Waals surface area contributed by atoms with E-state index in [1.807, 2.05) is 11.4 Å². The van der Waals surface area contributed by atoms with Gasteiger partial charge in [0, 0.05) is 23.2 Å². The lowest BCUT2D eigenvalue weighted by molar-refractivity contribution is -0.118. The van der Waals surface area contributed by atoms with Gasteiger partial charge in [-0.1, -0.05) is 13.3 Å². The van der Waals surface area contributed by atoms with Crippen LogP contribution in [0.3, 0.4) is 0 Å². The molecule has 0 saturated heterocycles. The number of methoxy groups -OCH3 is 2. The molecule has 1 amide bonds. The van der Waals surface area contributed by atoms with Crippen molar-refractivity contribution in [2.45, 2.75) is 19.8 Å². The zero-order chi connectivity index (χ0) is 28.3. The molecule has 40 heavy (non-hydrogen) atoms. The molecule has 0 unspecified atom stereocenters. The fourth-order valence-electron chi connectivity index (χ4n) is 3.69. The Morgan fingerprint density at radius 3 is 2.50 bits per heavy atom. The number of amides is 1. The Kier molecular flexibility index (Phi) is 10.1. The van der Waals surface area contributed by atoms with Crippen LogP contribution in [0.15, 0.2) is 82.2 Å². The van der Waals surface area contributed by atoms with E-state index < -0.39 is 0 Å². The van der Waals surface area contributed by atoms with Crippen molar-refractivity contribution in [1.29, 1.82) is 0 Å². The third kappa shape index (κ3) is 7.57. The molecule has 1 heterocycles. The average molecular weight is 563 g/mol. The number of hydrogen-bond donors (Lipinski definition) is 1. The van der Waals surface area contributed by atoms with Gasteiger partial charge in [0.15, 0.2) is 18.1 Å². The third-order valence-corrected chi connectivity index (χ3v) is 6.68. The molecule has 0 bridgehead atoms. The van der Waals surface area contributed by atoms with E-state index in [2.05, 4.69) is 12.2 Å². The minimum absolute atomic E-state index is 0.190. The second-order valence-corrected chi connectivity index (χ2v) is 9.51. The predicted octanol–water partition coefficient (Wildman–Crippen LogP) is 5.97. The molecule has 3 aromatic carbocycles. The molecule has 0 aliphatic rings. The maximum Gasteiger partial charge on any atom is 0.262 e. The zero-order valence-electron chi connectivity index (χ0n) is 22.6. The standard InChI is InChI=1S/C30H31FN4O4S/c1-4-5-16-32-30-35(26(20-40-30)22-7-9-23(31)10-8-22)33-18-21-6-15-27(28(17-21)38-3)39-19-29(36)34-24-11-13-25(37-2)14-12-24/h6-15,17-18,20H,4-5,16,19H2,1-3H3,(H,34,36)/b32-30?,33-18-. The van der Waals surface area contributed by atoms with Crippen molar-refractivity contribution in [3.63, 3.8) is 0 Å². The number of rotatable bonds is 12. The summed E-state index contributed by atoms with van der Waals surface area (Å²) in [6, 6.07) is 18.6. The van der Waals surface area contributed by atoms with Crippen molar-refractivity contribution in [3.8, 4) is 28.5 Å². The van der Waals surface area contributed by atoms with Crippen molar-refractivity contribution in [2.75, 3.05) is 32.7 Å². The smallest absolute Gasteiger partial charge is 0.262 e. The molecule has 0 spiro atoms. The van der Waals surface area contributed by atoms with Crippen LogP contribution in [-0.2, 0) is 4.79 Å². The number of halogens is 1. The van der Waals surface area contributed by atoms with E-state index in [9.17, 15) is 9.18 Å². The summed E-state index contributed by atoms with van der Waals surface area (Å²) >= 11 is 1.48. The number of ether oxygens (including phenoxy) is 3. The summed E-state index contributed by atoms with van der Waals surface area (Å²) in [7, 11) is 3.12. The highest BCUT2D eigenvalue weighted by Crippen LogP contribution is 2.28. The Bertz CT molecular complexity index is 1510. The highest BCUT2D eigenvalue weighted by Gasteiger charge is 2.11. The number of benzene rings is 3. The summed E-state index contributed by atoms with van der Waals surface area (Å²) < 4.78 is 31.6. The van der Waals surface area contributed by atoms with Gasteiger partial charge in [0.1, 0.15) is 11.6 Å². The van der Waals surface area contributed by atoms with E-state index in [1.165, 1.54) is 30.6 Å². The van der Waals surface area contributed by atoms with Gasteiger partial charge in [-0.3, -0.25) is 9.79 Å². The van der Waals surface area contributed by atoms with Crippen LogP contribution in [0.5, 0.6) is 17.2 Å². The molecule has 8 nitrogen and oxygen atoms in total. The van der Waals surface area contributed by atoms with Gasteiger partial charge in [0.2, 0.25) is 4.80 Å². The fraction of sp³-hybridized carbons (Fsp3) is 0.233. The number of nitrogens with zero attached hydrogens (tertiary/aromatic N) is 3. The molecule has 4 aromatic rings. The lowest BCUT2D eigenvalue weighted by Crippen LogP contribution is -2.20. The maximum atomic E-state index is 13.5. The molecule has 1 aromatic heterocycles. The first-order valence-corrected chi connectivity index (χ1v) is 13.6. The number of nitrogens with one attached hydrogen (secondary N) is 1. The summed E-state index contributed by atoms with van der Waals surface area (Å²) in [5.74, 6) is 0.987. The SMILES string of the molecule is CCCCN=c1scc(-c2ccc(F)cc2)n1/N=C\c1ccc(OCC(=O)Nc2ccc(OC)cc2)c(OC)c1. The first kappa shape index (κ1) is 28.6. The molecule has 0 atom stereocenters. The summed E-state index contributed by atoms with van der Waals surface area (Å²) in [5, 5.41) is 9.44. The van der Waals surface area contributed by atoms with E-state index in [0.29, 0.717) is 29.5 Å². The number of anilines is 1. The van der Waals surface area contributed by atoms with Gasteiger partial charge in [-0.25, -0.2) is 9.07 Å². The molecule has 0 saturated carbocycles. The molecule has 208 valence electrons. The van der Waals surface area contributed by atoms with E-state index in [1.54, 1.807) is 66.5 Å². The topological polar surface area (TPSA) is 86.4 Å². The normalized spacial score (nSPS) is 11.6. The number of unbranched alkanes of at least 4 members (excludes halogenated alkanes) is 1. The zero-order valence-corrected chi connectivity index (χ0v) is 23.4. The van der Waals surface area contributed by atoms with Gasteiger partial charge < -0.3 is 19.5 Å². The predicted molar refractivity (Wildman–Crippen MR) is 156 cm³/mol. The van der Waals surface area contributed by atoms with Crippen LogP contribution in [0, 0.1) is 5.82 Å². The molecule has 4 rings (SSSR count). The monoisotopic (exact) mass is 562 g/mol. The second-order valence-electron chi connectivity index (χ2n) is 8.68. The van der Waals surface area contributed by atoms with Crippen LogP contribution in [0.2, 0.25) is 0 Å². The number of aromatic nitrogens is 1. The molecular weight excluding hydrogens is 531 g/mol. The average Bonchev–Trinajstić information content (AvgIpc) is 3.38. The molecule has 0 fully saturated rings. The van der Waals surface area contributed by atoms with Crippen LogP contribution in [0.25, 0.3) is 11.3 Å². The number of carbonyl (C=O) groups excluding carboxylic acids is 1. The Morgan fingerprint density at radius 2 is 1.80 bits per heavy atom. The van der Waals surface area contributed by atoms with Crippen LogP contribution in [0.4, 0.5) is 10.1 Å². The van der Waals surface area contributed by atoms with Crippen LogP contribution < -0.4 is 24.3 Å². The summed E-state index contributed by atoms with van der Waals surface area (Å²) in [5.41, 5.74) is 3.04. The van der Waals surface area contributed by atoms with Crippen molar-refractivity contribution < 1.29 is 23.4 Å². The van der Waals surface area contributed by atoms with E-state index in [4.69, 9.17) is 24.3 Å². The van der Waals surface area contributed by atoms with Gasteiger partial charge in [-0.2, -0.15) is 5.10 Å². The minimum atomic E-state index is -0.306. The van der Waals surface area contributed by atoms with Gasteiger partial charge in [-0.15, -0.1) is 11.3 Å². The van der Waals surface area contributed by atoms with Gasteiger partial charge in [-0.05, 0) is 78.7 Å². The van der Waals surface area contributed by atoms with Crippen molar-refractivity contribution in [3.05, 3.63) is 88.3 Å². The first-order valence-electron chi connectivity index (χ1n) is 12.8. The highest BCUT2D eigenvalue weighted by atomic mass is 32.1. The number of carbonyl (C=O) groups is 1. The number of hydrogen-bond acceptors (Lipinski definition) is 7. The van der Waals surface area contributed by atoms with Crippen LogP contribution in [-0.4, -0.2) is 44.2 Å². The Morgan fingerprint density at radius 1 is 1.02 bits per heavy atom. The summed E-state index contributed by atoms with van der Waals surface area (Å²) in [6.45, 7) is 2.62. The molecule has 1 N–H and O–H groups in total. The first-order chi connectivity index (χ1) is 19.5. The minimum Gasteiger partial charge on any atom is -0.497 e. The van der Waals surface area contributed by atoms with E-state index in [-0.39, 0.29) is 18.3 Å². The molecule has 0 aliphatic carbocycles. The lowest BCUT2D eigenvalue weighted by Gasteiger charge is -2.12. The second kappa shape index (κ2) is 14.1. The van der Waals surface area contributed by atoms with Gasteiger partial charge in [0.05, 0.1) is 26.1 Å². The Labute approximate surface area is 236 Å². The molecule has 0 aliphatic heterocycles. The quantitative estimate of drug-likeness (QED) is 0.170. The van der Waals surface area contributed by atoms with Gasteiger partial charge in [0.25, 0.3) is 5.91 Å².